The van der Waals surface area contributed by atoms with Gasteiger partial charge in [-0.15, -0.1) is 0 Å². The molecule has 3 aromatic rings. The Balaban J connectivity index is 1.77. The van der Waals surface area contributed by atoms with Gasteiger partial charge in [0.25, 0.3) is 0 Å². The first-order chi connectivity index (χ1) is 10.3. The zero-order chi connectivity index (χ0) is 14.2. The van der Waals surface area contributed by atoms with Gasteiger partial charge >= 0.3 is 0 Å². The minimum atomic E-state index is 0.935. The monoisotopic (exact) mass is 299 g/mol. The number of hydrogen-bond donors (Lipinski definition) is 0. The summed E-state index contributed by atoms with van der Waals surface area (Å²) in [6.45, 7) is 4.23. The van der Waals surface area contributed by atoms with Gasteiger partial charge in [0.1, 0.15) is 5.82 Å². The second-order valence-electron chi connectivity index (χ2n) is 5.40. The van der Waals surface area contributed by atoms with Gasteiger partial charge < -0.3 is 9.80 Å². The second-order valence-corrected chi connectivity index (χ2v) is 6.18. The first kappa shape index (κ1) is 12.8. The fourth-order valence-electron chi connectivity index (χ4n) is 2.78. The van der Waals surface area contributed by atoms with Gasteiger partial charge in [0, 0.05) is 37.9 Å². The Morgan fingerprint density at radius 2 is 2.00 bits per heavy atom. The molecule has 0 amide bonds. The van der Waals surface area contributed by atoms with Crippen molar-refractivity contribution in [1.82, 2.24) is 19.5 Å². The highest BCUT2D eigenvalue weighted by Crippen LogP contribution is 2.27. The molecule has 0 saturated carbocycles. The largest absolute Gasteiger partial charge is 0.354 e. The molecule has 108 valence electrons. The topological polar surface area (TPSA) is 36.7 Å². The van der Waals surface area contributed by atoms with E-state index in [9.17, 15) is 0 Å². The summed E-state index contributed by atoms with van der Waals surface area (Å²) >= 11 is 1.70. The molecular weight excluding hydrogens is 282 g/mol. The van der Waals surface area contributed by atoms with Crippen LogP contribution in [0.1, 0.15) is 0 Å². The number of aromatic nitrogens is 3. The van der Waals surface area contributed by atoms with E-state index >= 15 is 0 Å². The van der Waals surface area contributed by atoms with E-state index in [0.717, 1.165) is 43.2 Å². The smallest absolute Gasteiger partial charge is 0.165 e. The molecule has 0 radical (unpaired) electrons. The van der Waals surface area contributed by atoms with E-state index in [1.165, 1.54) is 5.56 Å². The molecule has 21 heavy (non-hydrogen) atoms. The SMILES string of the molecule is CN1CCN(c2ccnc3c(-c4ccsc4)cnn23)CC1. The van der Waals surface area contributed by atoms with Crippen molar-refractivity contribution in [3.63, 3.8) is 0 Å². The molecule has 0 aliphatic carbocycles. The third kappa shape index (κ3) is 2.20. The number of rotatable bonds is 2. The number of hydrogen-bond acceptors (Lipinski definition) is 5. The van der Waals surface area contributed by atoms with Crippen molar-refractivity contribution in [3.8, 4) is 11.1 Å². The lowest BCUT2D eigenvalue weighted by atomic mass is 10.2. The first-order valence-corrected chi connectivity index (χ1v) is 8.06. The van der Waals surface area contributed by atoms with Crippen LogP contribution >= 0.6 is 11.3 Å². The highest BCUT2D eigenvalue weighted by atomic mass is 32.1. The predicted octanol–water partition coefficient (Wildman–Crippen LogP) is 2.21. The zero-order valence-electron chi connectivity index (χ0n) is 11.9. The summed E-state index contributed by atoms with van der Waals surface area (Å²) in [5.41, 5.74) is 3.23. The summed E-state index contributed by atoms with van der Waals surface area (Å²) in [7, 11) is 2.17. The molecule has 1 saturated heterocycles. The molecule has 0 N–H and O–H groups in total. The van der Waals surface area contributed by atoms with Crippen LogP contribution < -0.4 is 4.90 Å². The average molecular weight is 299 g/mol. The fraction of sp³-hybridized carbons (Fsp3) is 0.333. The lowest BCUT2D eigenvalue weighted by molar-refractivity contribution is 0.311. The van der Waals surface area contributed by atoms with Gasteiger partial charge in [-0.05, 0) is 35.5 Å². The van der Waals surface area contributed by atoms with E-state index < -0.39 is 0 Å². The Hall–Kier alpha value is -1.92. The van der Waals surface area contributed by atoms with Gasteiger partial charge in [-0.25, -0.2) is 4.98 Å². The number of piperazine rings is 1. The van der Waals surface area contributed by atoms with Gasteiger partial charge in [0.05, 0.1) is 6.20 Å². The third-order valence-corrected chi connectivity index (χ3v) is 4.72. The molecule has 6 heteroatoms. The lowest BCUT2D eigenvalue weighted by Gasteiger charge is -2.33. The molecule has 3 aromatic heterocycles. The van der Waals surface area contributed by atoms with Crippen LogP contribution in [0.15, 0.2) is 35.3 Å². The van der Waals surface area contributed by atoms with Crippen LogP contribution in [-0.2, 0) is 0 Å². The molecular formula is C15H17N5S. The summed E-state index contributed by atoms with van der Waals surface area (Å²) in [4.78, 5) is 9.28. The predicted molar refractivity (Wildman–Crippen MR) is 86.0 cm³/mol. The molecule has 0 bridgehead atoms. The van der Waals surface area contributed by atoms with Crippen LogP contribution in [0.4, 0.5) is 5.82 Å². The van der Waals surface area contributed by atoms with Crippen molar-refractivity contribution in [1.29, 1.82) is 0 Å². The first-order valence-electron chi connectivity index (χ1n) is 7.12. The number of nitrogens with zero attached hydrogens (tertiary/aromatic N) is 5. The Morgan fingerprint density at radius 3 is 2.76 bits per heavy atom. The highest BCUT2D eigenvalue weighted by Gasteiger charge is 2.18. The van der Waals surface area contributed by atoms with Crippen molar-refractivity contribution < 1.29 is 0 Å². The van der Waals surface area contributed by atoms with Crippen molar-refractivity contribution in [2.45, 2.75) is 0 Å². The van der Waals surface area contributed by atoms with Crippen LogP contribution in [-0.4, -0.2) is 52.7 Å². The molecule has 1 fully saturated rings. The maximum Gasteiger partial charge on any atom is 0.165 e. The number of fused-ring (bicyclic) bond motifs is 1. The molecule has 0 spiro atoms. The van der Waals surface area contributed by atoms with E-state index in [1.54, 1.807) is 11.3 Å². The Labute approximate surface area is 127 Å². The standard InChI is InChI=1S/C15H17N5S/c1-18-5-7-19(8-6-18)14-2-4-16-15-13(10-17-20(14)15)12-3-9-21-11-12/h2-4,9-11H,5-8H2,1H3. The molecule has 0 atom stereocenters. The van der Waals surface area contributed by atoms with Crippen LogP contribution in [0.2, 0.25) is 0 Å². The normalized spacial score (nSPS) is 16.7. The summed E-state index contributed by atoms with van der Waals surface area (Å²) in [5.74, 6) is 1.13. The van der Waals surface area contributed by atoms with Gasteiger partial charge in [0.2, 0.25) is 0 Å². The van der Waals surface area contributed by atoms with E-state index in [-0.39, 0.29) is 0 Å². The minimum absolute atomic E-state index is 0.935. The van der Waals surface area contributed by atoms with E-state index in [1.807, 2.05) is 16.9 Å². The lowest BCUT2D eigenvalue weighted by Crippen LogP contribution is -2.45. The Morgan fingerprint density at radius 1 is 1.14 bits per heavy atom. The Bertz CT molecular complexity index is 741. The quantitative estimate of drug-likeness (QED) is 0.727. The van der Waals surface area contributed by atoms with Crippen LogP contribution in [0, 0.1) is 0 Å². The Kier molecular flexibility index (Phi) is 3.12. The third-order valence-electron chi connectivity index (χ3n) is 4.04. The van der Waals surface area contributed by atoms with Crippen molar-refractivity contribution in [2.24, 2.45) is 0 Å². The summed E-state index contributed by atoms with van der Waals surface area (Å²) in [5, 5.41) is 8.80. The number of thiophene rings is 1. The molecule has 0 aromatic carbocycles. The van der Waals surface area contributed by atoms with E-state index in [0.29, 0.717) is 0 Å². The molecule has 1 aliphatic rings. The molecule has 4 rings (SSSR count). The second kappa shape index (κ2) is 5.13. The molecule has 0 unspecified atom stereocenters. The maximum atomic E-state index is 4.57. The summed E-state index contributed by atoms with van der Waals surface area (Å²) in [6.07, 6.45) is 3.81. The van der Waals surface area contributed by atoms with E-state index in [2.05, 4.69) is 49.8 Å². The number of likely N-dealkylation sites (N-methyl/N-ethyl adjacent to an activating group) is 1. The highest BCUT2D eigenvalue weighted by molar-refractivity contribution is 7.08. The molecule has 5 nitrogen and oxygen atoms in total. The van der Waals surface area contributed by atoms with Crippen LogP contribution in [0.3, 0.4) is 0 Å². The minimum Gasteiger partial charge on any atom is -0.354 e. The maximum absolute atomic E-state index is 4.57. The summed E-state index contributed by atoms with van der Waals surface area (Å²) < 4.78 is 1.97. The van der Waals surface area contributed by atoms with E-state index in [4.69, 9.17) is 0 Å². The fourth-order valence-corrected chi connectivity index (χ4v) is 3.43. The van der Waals surface area contributed by atoms with Gasteiger partial charge in [-0.2, -0.15) is 21.0 Å². The van der Waals surface area contributed by atoms with Gasteiger partial charge in [-0.1, -0.05) is 0 Å². The van der Waals surface area contributed by atoms with Crippen LogP contribution in [0.25, 0.3) is 16.8 Å². The van der Waals surface area contributed by atoms with Gasteiger partial charge in [0.15, 0.2) is 5.65 Å². The molecule has 1 aliphatic heterocycles. The summed E-state index contributed by atoms with van der Waals surface area (Å²) in [6, 6.07) is 4.18. The van der Waals surface area contributed by atoms with Crippen LogP contribution in [0.5, 0.6) is 0 Å². The molecule has 4 heterocycles. The number of anilines is 1. The average Bonchev–Trinajstić information content (AvgIpc) is 3.16. The van der Waals surface area contributed by atoms with Crippen molar-refractivity contribution in [2.75, 3.05) is 38.1 Å². The van der Waals surface area contributed by atoms with Crippen molar-refractivity contribution >= 4 is 22.8 Å². The zero-order valence-corrected chi connectivity index (χ0v) is 12.8. The van der Waals surface area contributed by atoms with Gasteiger partial charge in [-0.3, -0.25) is 0 Å². The van der Waals surface area contributed by atoms with Crippen molar-refractivity contribution in [3.05, 3.63) is 35.3 Å².